The molecule has 16 nitrogen and oxygen atoms in total. The van der Waals surface area contributed by atoms with Gasteiger partial charge in [0, 0.05) is 103 Å². The molecule has 6 heterocycles. The number of aromatic nitrogens is 4. The van der Waals surface area contributed by atoms with Gasteiger partial charge in [0.15, 0.2) is 0 Å². The van der Waals surface area contributed by atoms with Crippen LogP contribution >= 0.6 is 39.1 Å². The lowest BCUT2D eigenvalue weighted by atomic mass is 10.1. The largest absolute Gasteiger partial charge is 0.495 e. The molecule has 2 aliphatic rings. The van der Waals surface area contributed by atoms with E-state index in [1.807, 2.05) is 113 Å². The highest BCUT2D eigenvalue weighted by Gasteiger charge is 2.31. The molecule has 2 amide bonds. The molecule has 3 N–H and O–H groups in total. The summed E-state index contributed by atoms with van der Waals surface area (Å²) in [4.78, 5) is 39.4. The first-order valence-corrected chi connectivity index (χ1v) is 24.2. The van der Waals surface area contributed by atoms with E-state index < -0.39 is 11.2 Å². The number of anilines is 1. The molecule has 2 fully saturated rings. The number of halogens is 3. The maximum absolute atomic E-state index is 12.5. The summed E-state index contributed by atoms with van der Waals surface area (Å²) in [6, 6.07) is 15.2. The smallest absolute Gasteiger partial charge is 0.410 e. The third-order valence-corrected chi connectivity index (χ3v) is 12.3. The van der Waals surface area contributed by atoms with Gasteiger partial charge in [0.05, 0.1) is 48.9 Å². The first kappa shape index (κ1) is 53.1. The zero-order valence-corrected chi connectivity index (χ0v) is 43.9. The molecular formula is C50H63BrCl2N8O8. The van der Waals surface area contributed by atoms with Gasteiger partial charge in [0.2, 0.25) is 0 Å². The number of benzene rings is 2. The molecule has 2 saturated heterocycles. The second kappa shape index (κ2) is 22.6. The first-order valence-electron chi connectivity index (χ1n) is 22.6. The summed E-state index contributed by atoms with van der Waals surface area (Å²) < 4.78 is 26.1. The van der Waals surface area contributed by atoms with Gasteiger partial charge >= 0.3 is 12.2 Å². The van der Waals surface area contributed by atoms with Crippen LogP contribution in [0.5, 0.6) is 11.5 Å². The number of piperazine rings is 2. The van der Waals surface area contributed by atoms with Crippen molar-refractivity contribution in [1.29, 1.82) is 0 Å². The van der Waals surface area contributed by atoms with Crippen LogP contribution in [0.15, 0.2) is 77.8 Å². The summed E-state index contributed by atoms with van der Waals surface area (Å²) in [5.74, 6) is 1.05. The molecule has 19 heteroatoms. The van der Waals surface area contributed by atoms with Gasteiger partial charge in [-0.3, -0.25) is 0 Å². The number of rotatable bonds is 7. The molecule has 69 heavy (non-hydrogen) atoms. The quantitative estimate of drug-likeness (QED) is 0.139. The maximum Gasteiger partial charge on any atom is 0.410 e. The Kier molecular flexibility index (Phi) is 17.4. The second-order valence-corrected chi connectivity index (χ2v) is 20.5. The maximum atomic E-state index is 12.5. The molecule has 0 spiro atoms. The number of pyridine rings is 2. The fourth-order valence-corrected chi connectivity index (χ4v) is 8.65. The van der Waals surface area contributed by atoms with Crippen LogP contribution in [0.25, 0.3) is 33.8 Å². The van der Waals surface area contributed by atoms with Gasteiger partial charge in [0.25, 0.3) is 0 Å². The number of nitrogens with zero attached hydrogens (tertiary/aromatic N) is 7. The van der Waals surface area contributed by atoms with Crippen molar-refractivity contribution in [2.24, 2.45) is 0 Å². The predicted octanol–water partition coefficient (Wildman–Crippen LogP) is 9.73. The molecule has 2 atom stereocenters. The summed E-state index contributed by atoms with van der Waals surface area (Å²) in [5.41, 5.74) is 6.16. The number of methoxy groups -OCH3 is 2. The molecule has 2 unspecified atom stereocenters. The van der Waals surface area contributed by atoms with E-state index in [0.29, 0.717) is 52.4 Å². The number of nitrogens with one attached hydrogen (secondary N) is 1. The Balaban J connectivity index is 0.000000189. The Labute approximate surface area is 422 Å². The lowest BCUT2D eigenvalue weighted by Crippen LogP contribution is -2.55. The third-order valence-electron chi connectivity index (χ3n) is 11.3. The molecule has 372 valence electrons. The zero-order valence-electron chi connectivity index (χ0n) is 40.8. The minimum atomic E-state index is -0.513. The fourth-order valence-electron chi connectivity index (χ4n) is 7.84. The number of imidazole rings is 2. The predicted molar refractivity (Wildman–Crippen MR) is 274 cm³/mol. The van der Waals surface area contributed by atoms with Crippen LogP contribution in [-0.4, -0.2) is 128 Å². The van der Waals surface area contributed by atoms with E-state index in [0.717, 1.165) is 63.5 Å². The fraction of sp³-hybridized carbons (Fsp3) is 0.440. The molecule has 0 saturated carbocycles. The Morgan fingerprint density at radius 1 is 0.725 bits per heavy atom. The number of aliphatic hydroxyl groups is 2. The number of fused-ring (bicyclic) bond motifs is 2. The minimum Gasteiger partial charge on any atom is -0.495 e. The van der Waals surface area contributed by atoms with Gasteiger partial charge in [-0.15, -0.1) is 0 Å². The molecule has 0 aliphatic carbocycles. The number of carbonyl (C=O) groups is 2. The van der Waals surface area contributed by atoms with Crippen molar-refractivity contribution in [3.8, 4) is 34.0 Å². The summed E-state index contributed by atoms with van der Waals surface area (Å²) in [6.07, 6.45) is 7.23. The number of aliphatic hydroxyl groups excluding tert-OH is 2. The van der Waals surface area contributed by atoms with Crippen LogP contribution in [0, 0.1) is 0 Å². The van der Waals surface area contributed by atoms with E-state index >= 15 is 0 Å². The molecule has 0 radical (unpaired) electrons. The van der Waals surface area contributed by atoms with Crippen LogP contribution in [0.1, 0.15) is 66.5 Å². The van der Waals surface area contributed by atoms with Crippen LogP contribution in [-0.2, 0) is 22.7 Å². The standard InChI is InChI=1S/C25H31ClN4O4.C15H12BrClN2O2.C10H20N2O2/c1-16-13-28(8-9-30(16)24(32)34-25(2,3)4)18-6-7-29-14-21(27-23(29)11-18)19-12-20(26)22(33-5)10-17(19)15-31;1-21-14-4-9(8-20)11(6-12(14)17)13-7-19-3-2-10(16)5-15(19)18-13;1-8-7-11-5-6-12(8)9(13)14-10(2,3)4/h6-7,10-12,14,16,31H,8-9,13,15H2,1-5H3;2-7,20H,8H2,1H3;8,11H,5-7H2,1-4H3. The van der Waals surface area contributed by atoms with Crippen molar-refractivity contribution in [2.45, 2.75) is 91.9 Å². The van der Waals surface area contributed by atoms with Crippen LogP contribution in [0.3, 0.4) is 0 Å². The topological polar surface area (TPSA) is 168 Å². The monoisotopic (exact) mass is 1050 g/mol. The third kappa shape index (κ3) is 13.5. The van der Waals surface area contributed by atoms with E-state index in [9.17, 15) is 19.8 Å². The molecule has 2 aromatic carbocycles. The minimum absolute atomic E-state index is 0.0173. The summed E-state index contributed by atoms with van der Waals surface area (Å²) in [5, 5.41) is 23.6. The molecule has 2 aliphatic heterocycles. The Morgan fingerprint density at radius 3 is 1.68 bits per heavy atom. The van der Waals surface area contributed by atoms with Gasteiger partial charge < -0.3 is 58.0 Å². The van der Waals surface area contributed by atoms with E-state index in [-0.39, 0.29) is 37.5 Å². The highest BCUT2D eigenvalue weighted by Crippen LogP contribution is 2.36. The Hall–Kier alpha value is -5.30. The van der Waals surface area contributed by atoms with Gasteiger partial charge in [-0.1, -0.05) is 39.1 Å². The van der Waals surface area contributed by atoms with Crippen molar-refractivity contribution < 1.29 is 38.7 Å². The van der Waals surface area contributed by atoms with Crippen LogP contribution < -0.4 is 19.7 Å². The van der Waals surface area contributed by atoms with Gasteiger partial charge in [0.1, 0.15) is 34.0 Å². The van der Waals surface area contributed by atoms with E-state index in [1.165, 1.54) is 0 Å². The van der Waals surface area contributed by atoms with E-state index in [2.05, 4.69) is 31.1 Å². The van der Waals surface area contributed by atoms with Gasteiger partial charge in [-0.2, -0.15) is 0 Å². The van der Waals surface area contributed by atoms with Crippen LogP contribution in [0.4, 0.5) is 15.3 Å². The lowest BCUT2D eigenvalue weighted by molar-refractivity contribution is 0.0136. The van der Waals surface area contributed by atoms with Crippen LogP contribution in [0.2, 0.25) is 10.0 Å². The van der Waals surface area contributed by atoms with Gasteiger partial charge in [-0.05, 0) is 109 Å². The molecule has 0 bridgehead atoms. The summed E-state index contributed by atoms with van der Waals surface area (Å²) >= 11 is 15.9. The highest BCUT2D eigenvalue weighted by molar-refractivity contribution is 9.10. The second-order valence-electron chi connectivity index (χ2n) is 18.8. The van der Waals surface area contributed by atoms with E-state index in [4.69, 9.17) is 47.1 Å². The molecule has 4 aromatic heterocycles. The average molecular weight is 1050 g/mol. The van der Waals surface area contributed by atoms with Crippen molar-refractivity contribution >= 4 is 68.3 Å². The Bertz CT molecular complexity index is 2750. The van der Waals surface area contributed by atoms with Crippen molar-refractivity contribution in [3.05, 3.63) is 99.0 Å². The molecule has 8 rings (SSSR count). The molecule has 6 aromatic rings. The van der Waals surface area contributed by atoms with Gasteiger partial charge in [-0.25, -0.2) is 19.6 Å². The lowest BCUT2D eigenvalue weighted by Gasteiger charge is -2.41. The Morgan fingerprint density at radius 2 is 1.22 bits per heavy atom. The normalized spacial score (nSPS) is 16.4. The number of ether oxygens (including phenoxy) is 4. The highest BCUT2D eigenvalue weighted by atomic mass is 79.9. The van der Waals surface area contributed by atoms with E-state index in [1.54, 1.807) is 48.3 Å². The van der Waals surface area contributed by atoms with Crippen molar-refractivity contribution in [3.63, 3.8) is 0 Å². The van der Waals surface area contributed by atoms with Crippen molar-refractivity contribution in [2.75, 3.05) is 58.4 Å². The van der Waals surface area contributed by atoms with Crippen molar-refractivity contribution in [1.82, 2.24) is 33.9 Å². The number of hydrogen-bond acceptors (Lipinski definition) is 12. The average Bonchev–Trinajstić information content (AvgIpc) is 3.92. The SMILES string of the molecule is CC1CNCCN1C(=O)OC(C)(C)C.COc1cc(CO)c(-c2cn3ccc(Br)cc3n2)cc1Cl.COc1cc(CO)c(-c2cn3ccc(N4CCN(C(=O)OC(C)(C)C)C(C)C4)cc3n2)cc1Cl. The first-order chi connectivity index (χ1) is 32.6. The number of amides is 2. The molecular weight excluding hydrogens is 991 g/mol. The number of hydrogen-bond donors (Lipinski definition) is 3. The summed E-state index contributed by atoms with van der Waals surface area (Å²) in [7, 11) is 3.09. The summed E-state index contributed by atoms with van der Waals surface area (Å²) in [6.45, 7) is 19.5. The number of carbonyl (C=O) groups excluding carboxylic acids is 2. The zero-order chi connectivity index (χ0) is 50.4.